The fraction of sp³-hybridized carbons (Fsp3) is 0.448. The van der Waals surface area contributed by atoms with Gasteiger partial charge in [-0.1, -0.05) is 11.6 Å². The maximum Gasteiger partial charge on any atom is 0.243 e. The molecule has 2 fully saturated rings. The number of hydrogen-bond acceptors (Lipinski definition) is 6. The van der Waals surface area contributed by atoms with Gasteiger partial charge >= 0.3 is 0 Å². The predicted molar refractivity (Wildman–Crippen MR) is 147 cm³/mol. The molecule has 4 aliphatic rings. The van der Waals surface area contributed by atoms with Gasteiger partial charge in [0, 0.05) is 50.4 Å². The van der Waals surface area contributed by atoms with Crippen molar-refractivity contribution in [1.29, 1.82) is 0 Å². The van der Waals surface area contributed by atoms with Crippen LogP contribution in [0.5, 0.6) is 0 Å². The summed E-state index contributed by atoms with van der Waals surface area (Å²) >= 11 is 0. The number of sulfonamides is 1. The molecule has 7 nitrogen and oxygen atoms in total. The molecule has 1 aliphatic carbocycles. The van der Waals surface area contributed by atoms with E-state index < -0.39 is 15.4 Å². The normalized spacial score (nSPS) is 26.0. The first-order chi connectivity index (χ1) is 18.3. The number of rotatable bonds is 6. The van der Waals surface area contributed by atoms with Crippen molar-refractivity contribution in [1.82, 2.24) is 9.73 Å². The summed E-state index contributed by atoms with van der Waals surface area (Å²) in [5.41, 5.74) is 8.43. The van der Waals surface area contributed by atoms with Crippen LogP contribution < -0.4 is 15.3 Å². The van der Waals surface area contributed by atoms with Gasteiger partial charge in [-0.2, -0.15) is 4.31 Å². The lowest BCUT2D eigenvalue weighted by Gasteiger charge is -2.46. The molecule has 3 aliphatic heterocycles. The van der Waals surface area contributed by atoms with Crippen molar-refractivity contribution in [3.05, 3.63) is 77.3 Å². The third-order valence-corrected chi connectivity index (χ3v) is 10.3. The molecule has 2 atom stereocenters. The minimum Gasteiger partial charge on any atom is -0.384 e. The van der Waals surface area contributed by atoms with Gasteiger partial charge < -0.3 is 9.64 Å². The number of methoxy groups -OCH3 is 1. The smallest absolute Gasteiger partial charge is 0.243 e. The molecule has 0 spiro atoms. The molecule has 0 radical (unpaired) electrons. The monoisotopic (exact) mass is 538 g/mol. The summed E-state index contributed by atoms with van der Waals surface area (Å²) in [6.07, 6.45) is 5.82. The quantitative estimate of drug-likeness (QED) is 0.586. The zero-order valence-corrected chi connectivity index (χ0v) is 22.8. The lowest BCUT2D eigenvalue weighted by Crippen LogP contribution is -2.50. The number of allylic oxidation sites excluding steroid dienone is 1. The summed E-state index contributed by atoms with van der Waals surface area (Å²) in [5, 5.41) is 2.02. The van der Waals surface area contributed by atoms with Crippen LogP contribution in [0.1, 0.15) is 32.6 Å². The highest BCUT2D eigenvalue weighted by molar-refractivity contribution is 7.89. The summed E-state index contributed by atoms with van der Waals surface area (Å²) in [7, 11) is -1.98. The van der Waals surface area contributed by atoms with Crippen LogP contribution in [0, 0.1) is 11.2 Å². The summed E-state index contributed by atoms with van der Waals surface area (Å²) in [5.74, 6) is -0.268. The summed E-state index contributed by atoms with van der Waals surface area (Å²) in [6, 6.07) is 13.9. The van der Waals surface area contributed by atoms with E-state index in [4.69, 9.17) is 4.74 Å². The Morgan fingerprint density at radius 2 is 1.84 bits per heavy atom. The Morgan fingerprint density at radius 1 is 1.08 bits per heavy atom. The molecule has 3 heterocycles. The van der Waals surface area contributed by atoms with E-state index in [0.29, 0.717) is 37.4 Å². The van der Waals surface area contributed by atoms with Crippen molar-refractivity contribution in [3.8, 4) is 0 Å². The molecule has 38 heavy (non-hydrogen) atoms. The fourth-order valence-corrected chi connectivity index (χ4v) is 8.07. The van der Waals surface area contributed by atoms with Crippen LogP contribution >= 0.6 is 0 Å². The van der Waals surface area contributed by atoms with Gasteiger partial charge in [0.25, 0.3) is 0 Å². The predicted octanol–water partition coefficient (Wildman–Crippen LogP) is 4.45. The molecule has 0 saturated carbocycles. The molecule has 2 aromatic carbocycles. The van der Waals surface area contributed by atoms with E-state index in [-0.39, 0.29) is 11.9 Å². The van der Waals surface area contributed by atoms with Gasteiger partial charge in [0.2, 0.25) is 10.0 Å². The van der Waals surface area contributed by atoms with Crippen molar-refractivity contribution in [2.75, 3.05) is 49.8 Å². The third kappa shape index (κ3) is 4.35. The molecule has 202 valence electrons. The Hall–Kier alpha value is -2.72. The number of piperidine rings is 1. The second-order valence-corrected chi connectivity index (χ2v) is 12.9. The van der Waals surface area contributed by atoms with Gasteiger partial charge in [-0.15, -0.1) is 0 Å². The Balaban J connectivity index is 1.30. The zero-order chi connectivity index (χ0) is 26.5. The van der Waals surface area contributed by atoms with Crippen molar-refractivity contribution in [2.45, 2.75) is 43.5 Å². The van der Waals surface area contributed by atoms with E-state index in [2.05, 4.69) is 23.3 Å². The topological polar surface area (TPSA) is 65.1 Å². The molecule has 2 saturated heterocycles. The zero-order valence-electron chi connectivity index (χ0n) is 22.0. The number of hydrazine groups is 1. The molecule has 0 aromatic heterocycles. The van der Waals surface area contributed by atoms with E-state index >= 15 is 0 Å². The summed E-state index contributed by atoms with van der Waals surface area (Å²) in [4.78, 5) is 2.62. The van der Waals surface area contributed by atoms with Gasteiger partial charge in [-0.05, 0) is 86.7 Å². The number of hydrogen-bond donors (Lipinski definition) is 1. The largest absolute Gasteiger partial charge is 0.384 e. The van der Waals surface area contributed by atoms with Crippen LogP contribution in [0.4, 0.5) is 15.8 Å². The van der Waals surface area contributed by atoms with Crippen LogP contribution in [0.25, 0.3) is 0 Å². The number of nitrogens with zero attached hydrogens (tertiary/aromatic N) is 3. The van der Waals surface area contributed by atoms with Gasteiger partial charge in [0.1, 0.15) is 5.82 Å². The highest BCUT2D eigenvalue weighted by Crippen LogP contribution is 2.49. The summed E-state index contributed by atoms with van der Waals surface area (Å²) in [6.45, 7) is 5.30. The van der Waals surface area contributed by atoms with E-state index in [1.165, 1.54) is 23.3 Å². The van der Waals surface area contributed by atoms with Crippen molar-refractivity contribution in [3.63, 3.8) is 0 Å². The standard InChI is InChI=1S/C29H35FN4O3S/c1-21-27-18-29(20-37-2)19-33(38(35,36)26-7-5-6-25(17-26)32-13-3-4-14-32)15-12-22(29)16-28(27)34(31-21)24-10-8-23(30)9-11-24/h5-11,16-17,21,31H,3-4,12-15,18-20H2,1-2H3/t21?,29-/m1/s1. The van der Waals surface area contributed by atoms with Crippen LogP contribution in [0.15, 0.2) is 76.3 Å². The molecule has 0 bridgehead atoms. The SMILES string of the molecule is COC[C@]12CC3=C(C=C1CCN(S(=O)(=O)c1cccc(N4CCCC4)c1)C2)N(c1ccc(F)cc1)NC3C. The molecule has 2 aromatic rings. The lowest BCUT2D eigenvalue weighted by molar-refractivity contribution is 0.0714. The number of halogens is 1. The Kier molecular flexibility index (Phi) is 6.58. The second-order valence-electron chi connectivity index (χ2n) is 10.9. The number of fused-ring (bicyclic) bond motifs is 1. The highest BCUT2D eigenvalue weighted by Gasteiger charge is 2.48. The van der Waals surface area contributed by atoms with E-state index in [1.807, 2.05) is 23.2 Å². The summed E-state index contributed by atoms with van der Waals surface area (Å²) < 4.78 is 48.8. The van der Waals surface area contributed by atoms with Gasteiger partial charge in [-0.3, -0.25) is 5.01 Å². The number of nitrogens with one attached hydrogen (secondary N) is 1. The van der Waals surface area contributed by atoms with Gasteiger partial charge in [-0.25, -0.2) is 18.2 Å². The molecule has 6 rings (SSSR count). The van der Waals surface area contributed by atoms with Gasteiger partial charge in [0.05, 0.1) is 22.9 Å². The molecular formula is C29H35FN4O3S. The highest BCUT2D eigenvalue weighted by atomic mass is 32.2. The van der Waals surface area contributed by atoms with Crippen LogP contribution in [0.3, 0.4) is 0 Å². The van der Waals surface area contributed by atoms with Crippen molar-refractivity contribution < 1.29 is 17.5 Å². The van der Waals surface area contributed by atoms with Crippen LogP contribution in [-0.4, -0.2) is 58.7 Å². The Labute approximate surface area is 224 Å². The molecule has 9 heteroatoms. The maximum absolute atomic E-state index is 13.9. The van der Waals surface area contributed by atoms with E-state index in [0.717, 1.165) is 43.0 Å². The lowest BCUT2D eigenvalue weighted by atomic mass is 9.68. The average molecular weight is 539 g/mol. The molecule has 1 unspecified atom stereocenters. The Bertz CT molecular complexity index is 1380. The van der Waals surface area contributed by atoms with Crippen LogP contribution in [0.2, 0.25) is 0 Å². The molecule has 0 amide bonds. The fourth-order valence-electron chi connectivity index (χ4n) is 6.50. The number of benzene rings is 2. The van der Waals surface area contributed by atoms with Crippen LogP contribution in [-0.2, 0) is 14.8 Å². The third-order valence-electron chi connectivity index (χ3n) is 8.48. The van der Waals surface area contributed by atoms with E-state index in [1.54, 1.807) is 29.6 Å². The van der Waals surface area contributed by atoms with Gasteiger partial charge in [0.15, 0.2) is 0 Å². The van der Waals surface area contributed by atoms with Crippen molar-refractivity contribution in [2.24, 2.45) is 5.41 Å². The first-order valence-corrected chi connectivity index (χ1v) is 14.8. The minimum atomic E-state index is -3.67. The maximum atomic E-state index is 13.9. The Morgan fingerprint density at radius 3 is 2.58 bits per heavy atom. The number of anilines is 2. The second kappa shape index (κ2) is 9.79. The first kappa shape index (κ1) is 25.6. The minimum absolute atomic E-state index is 0.0608. The number of ether oxygens (including phenoxy) is 1. The molecule has 1 N–H and O–H groups in total. The average Bonchev–Trinajstić information content (AvgIpc) is 3.56. The van der Waals surface area contributed by atoms with E-state index in [9.17, 15) is 12.8 Å². The molecular weight excluding hydrogens is 503 g/mol. The van der Waals surface area contributed by atoms with Crippen molar-refractivity contribution >= 4 is 21.4 Å². The first-order valence-electron chi connectivity index (χ1n) is 13.4.